The number of nitrogens with zero attached hydrogens (tertiary/aromatic N) is 1. The SMILES string of the molecule is CCCC1CCCC(NCCN2CCCCCC2)CC1. The van der Waals surface area contributed by atoms with Gasteiger partial charge >= 0.3 is 0 Å². The fourth-order valence-electron chi connectivity index (χ4n) is 4.07. The van der Waals surface area contributed by atoms with Crippen LogP contribution in [0.15, 0.2) is 0 Å². The zero-order valence-electron chi connectivity index (χ0n) is 13.7. The van der Waals surface area contributed by atoms with Crippen LogP contribution in [0, 0.1) is 5.92 Å². The summed E-state index contributed by atoms with van der Waals surface area (Å²) in [4.78, 5) is 2.68. The molecule has 2 nitrogen and oxygen atoms in total. The van der Waals surface area contributed by atoms with Crippen molar-refractivity contribution in [2.24, 2.45) is 5.92 Å². The van der Waals surface area contributed by atoms with E-state index in [2.05, 4.69) is 17.1 Å². The highest BCUT2D eigenvalue weighted by Gasteiger charge is 2.18. The van der Waals surface area contributed by atoms with Gasteiger partial charge in [-0.15, -0.1) is 0 Å². The van der Waals surface area contributed by atoms with E-state index in [-0.39, 0.29) is 0 Å². The lowest BCUT2D eigenvalue weighted by Crippen LogP contribution is -2.37. The third kappa shape index (κ3) is 6.13. The maximum Gasteiger partial charge on any atom is 0.0107 e. The van der Waals surface area contributed by atoms with Crippen LogP contribution in [0.5, 0.6) is 0 Å². The second-order valence-electron chi connectivity index (χ2n) is 7.07. The molecule has 1 aliphatic carbocycles. The lowest BCUT2D eigenvalue weighted by molar-refractivity contribution is 0.276. The molecule has 1 N–H and O–H groups in total. The van der Waals surface area contributed by atoms with Gasteiger partial charge in [-0.25, -0.2) is 0 Å². The van der Waals surface area contributed by atoms with Crippen molar-refractivity contribution in [1.82, 2.24) is 10.2 Å². The van der Waals surface area contributed by atoms with Crippen LogP contribution in [0.2, 0.25) is 0 Å². The molecule has 1 heterocycles. The van der Waals surface area contributed by atoms with E-state index in [0.29, 0.717) is 0 Å². The van der Waals surface area contributed by atoms with Gasteiger partial charge in [0, 0.05) is 19.1 Å². The first-order chi connectivity index (χ1) is 9.88. The topological polar surface area (TPSA) is 15.3 Å². The Hall–Kier alpha value is -0.0800. The molecule has 0 aromatic heterocycles. The molecule has 2 rings (SSSR count). The Morgan fingerprint density at radius 2 is 1.70 bits per heavy atom. The van der Waals surface area contributed by atoms with E-state index in [4.69, 9.17) is 0 Å². The fourth-order valence-corrected chi connectivity index (χ4v) is 4.07. The van der Waals surface area contributed by atoms with Gasteiger partial charge in [-0.2, -0.15) is 0 Å². The van der Waals surface area contributed by atoms with E-state index in [1.807, 2.05) is 0 Å². The Morgan fingerprint density at radius 3 is 2.45 bits per heavy atom. The van der Waals surface area contributed by atoms with Crippen LogP contribution in [0.1, 0.15) is 77.6 Å². The van der Waals surface area contributed by atoms with Crippen LogP contribution < -0.4 is 5.32 Å². The Kier molecular flexibility index (Phi) is 7.97. The smallest absolute Gasteiger partial charge is 0.0107 e. The monoisotopic (exact) mass is 280 g/mol. The molecule has 2 fully saturated rings. The number of nitrogens with one attached hydrogen (secondary N) is 1. The summed E-state index contributed by atoms with van der Waals surface area (Å²) in [6.07, 6.45) is 15.8. The van der Waals surface area contributed by atoms with E-state index < -0.39 is 0 Å². The van der Waals surface area contributed by atoms with E-state index >= 15 is 0 Å². The number of likely N-dealkylation sites (tertiary alicyclic amines) is 1. The van der Waals surface area contributed by atoms with Gasteiger partial charge < -0.3 is 10.2 Å². The molecular formula is C18H36N2. The van der Waals surface area contributed by atoms with Gasteiger partial charge in [0.2, 0.25) is 0 Å². The molecule has 1 saturated carbocycles. The third-order valence-electron chi connectivity index (χ3n) is 5.34. The van der Waals surface area contributed by atoms with E-state index in [9.17, 15) is 0 Å². The number of hydrogen-bond donors (Lipinski definition) is 1. The quantitative estimate of drug-likeness (QED) is 0.734. The van der Waals surface area contributed by atoms with Crippen molar-refractivity contribution in [3.63, 3.8) is 0 Å². The summed E-state index contributed by atoms with van der Waals surface area (Å²) in [6.45, 7) is 7.50. The van der Waals surface area contributed by atoms with Crippen molar-refractivity contribution in [2.75, 3.05) is 26.2 Å². The molecule has 1 aliphatic heterocycles. The normalized spacial score (nSPS) is 29.9. The van der Waals surface area contributed by atoms with Crippen LogP contribution in [-0.2, 0) is 0 Å². The van der Waals surface area contributed by atoms with Crippen LogP contribution in [0.3, 0.4) is 0 Å². The van der Waals surface area contributed by atoms with E-state index in [1.165, 1.54) is 96.8 Å². The predicted octanol–water partition coefficient (Wildman–Crippen LogP) is 4.20. The highest BCUT2D eigenvalue weighted by molar-refractivity contribution is 4.75. The Balaban J connectivity index is 1.59. The molecule has 0 spiro atoms. The Labute approximate surface area is 126 Å². The van der Waals surface area contributed by atoms with Crippen LogP contribution >= 0.6 is 0 Å². The maximum atomic E-state index is 3.85. The minimum Gasteiger partial charge on any atom is -0.313 e. The summed E-state index contributed by atoms with van der Waals surface area (Å²) in [6, 6.07) is 0.809. The van der Waals surface area contributed by atoms with Crippen molar-refractivity contribution in [2.45, 2.75) is 83.6 Å². The third-order valence-corrected chi connectivity index (χ3v) is 5.34. The van der Waals surface area contributed by atoms with Crippen molar-refractivity contribution in [3.8, 4) is 0 Å². The standard InChI is InChI=1S/C18H36N2/c1-2-8-17-9-7-10-18(12-11-17)19-13-16-20-14-5-3-4-6-15-20/h17-19H,2-16H2,1H3. The predicted molar refractivity (Wildman–Crippen MR) is 88.2 cm³/mol. The van der Waals surface area contributed by atoms with Crippen LogP contribution in [-0.4, -0.2) is 37.1 Å². The largest absolute Gasteiger partial charge is 0.313 e. The lowest BCUT2D eigenvalue weighted by atomic mass is 9.95. The highest BCUT2D eigenvalue weighted by atomic mass is 15.1. The van der Waals surface area contributed by atoms with Crippen molar-refractivity contribution < 1.29 is 0 Å². The lowest BCUT2D eigenvalue weighted by Gasteiger charge is -2.22. The average molecular weight is 280 g/mol. The van der Waals surface area contributed by atoms with Crippen LogP contribution in [0.25, 0.3) is 0 Å². The van der Waals surface area contributed by atoms with Gasteiger partial charge in [0.1, 0.15) is 0 Å². The van der Waals surface area contributed by atoms with Gasteiger partial charge in [0.25, 0.3) is 0 Å². The zero-order chi connectivity index (χ0) is 14.0. The van der Waals surface area contributed by atoms with Crippen molar-refractivity contribution in [1.29, 1.82) is 0 Å². The van der Waals surface area contributed by atoms with Gasteiger partial charge in [-0.05, 0) is 51.1 Å². The van der Waals surface area contributed by atoms with Gasteiger partial charge in [-0.3, -0.25) is 0 Å². The number of rotatable bonds is 6. The molecular weight excluding hydrogens is 244 g/mol. The number of hydrogen-bond acceptors (Lipinski definition) is 2. The molecule has 2 heteroatoms. The average Bonchev–Trinajstić information content (AvgIpc) is 2.83. The highest BCUT2D eigenvalue weighted by Crippen LogP contribution is 2.26. The first-order valence-electron chi connectivity index (χ1n) is 9.34. The molecule has 2 unspecified atom stereocenters. The molecule has 0 amide bonds. The molecule has 2 aliphatic rings. The van der Waals surface area contributed by atoms with Crippen molar-refractivity contribution >= 4 is 0 Å². The van der Waals surface area contributed by atoms with Gasteiger partial charge in [0.15, 0.2) is 0 Å². The Morgan fingerprint density at radius 1 is 0.900 bits per heavy atom. The molecule has 0 aromatic rings. The second kappa shape index (κ2) is 9.78. The van der Waals surface area contributed by atoms with Crippen LogP contribution in [0.4, 0.5) is 0 Å². The molecule has 2 atom stereocenters. The fraction of sp³-hybridized carbons (Fsp3) is 1.00. The zero-order valence-corrected chi connectivity index (χ0v) is 13.7. The molecule has 20 heavy (non-hydrogen) atoms. The molecule has 118 valence electrons. The second-order valence-corrected chi connectivity index (χ2v) is 7.07. The van der Waals surface area contributed by atoms with E-state index in [1.54, 1.807) is 0 Å². The van der Waals surface area contributed by atoms with Gasteiger partial charge in [0.05, 0.1) is 0 Å². The van der Waals surface area contributed by atoms with Crippen molar-refractivity contribution in [3.05, 3.63) is 0 Å². The van der Waals surface area contributed by atoms with E-state index in [0.717, 1.165) is 12.0 Å². The summed E-state index contributed by atoms with van der Waals surface area (Å²) in [5.41, 5.74) is 0. The molecule has 0 bridgehead atoms. The molecule has 0 aromatic carbocycles. The molecule has 1 saturated heterocycles. The van der Waals surface area contributed by atoms with Gasteiger partial charge in [-0.1, -0.05) is 45.4 Å². The summed E-state index contributed by atoms with van der Waals surface area (Å²) < 4.78 is 0. The molecule has 0 radical (unpaired) electrons. The maximum absolute atomic E-state index is 3.85. The minimum atomic E-state index is 0.809. The first-order valence-corrected chi connectivity index (χ1v) is 9.34. The summed E-state index contributed by atoms with van der Waals surface area (Å²) in [5.74, 6) is 1.03. The summed E-state index contributed by atoms with van der Waals surface area (Å²) in [5, 5.41) is 3.85. The Bertz CT molecular complexity index is 234. The summed E-state index contributed by atoms with van der Waals surface area (Å²) in [7, 11) is 0. The first kappa shape index (κ1) is 16.3. The summed E-state index contributed by atoms with van der Waals surface area (Å²) >= 11 is 0. The minimum absolute atomic E-state index is 0.809.